The first-order valence-electron chi connectivity index (χ1n) is 7.53. The summed E-state index contributed by atoms with van der Waals surface area (Å²) >= 11 is 6.13. The van der Waals surface area contributed by atoms with Crippen molar-refractivity contribution in [3.05, 3.63) is 35.0 Å². The fourth-order valence-electron chi connectivity index (χ4n) is 2.52. The van der Waals surface area contributed by atoms with Gasteiger partial charge in [-0.15, -0.1) is 0 Å². The van der Waals surface area contributed by atoms with E-state index in [0.717, 1.165) is 5.69 Å². The summed E-state index contributed by atoms with van der Waals surface area (Å²) in [5.74, 6) is 1.15. The minimum atomic E-state index is -0.322. The molecule has 23 heavy (non-hydrogen) atoms. The number of hydrogen-bond donors (Lipinski definition) is 2. The Kier molecular flexibility index (Phi) is 4.17. The number of aromatic nitrogens is 2. The second kappa shape index (κ2) is 6.12. The summed E-state index contributed by atoms with van der Waals surface area (Å²) in [7, 11) is 5.70. The van der Waals surface area contributed by atoms with Crippen molar-refractivity contribution in [3.63, 3.8) is 0 Å². The second-order valence-corrected chi connectivity index (χ2v) is 6.40. The first-order valence-corrected chi connectivity index (χ1v) is 7.90. The molecule has 1 heterocycles. The number of carbonyl (C=O) groups excluding carboxylic acids is 1. The zero-order valence-corrected chi connectivity index (χ0v) is 14.2. The minimum Gasteiger partial charge on any atom is -0.376 e. The predicted molar refractivity (Wildman–Crippen MR) is 93.6 cm³/mol. The number of halogens is 1. The van der Waals surface area contributed by atoms with Gasteiger partial charge in [0.2, 0.25) is 0 Å². The van der Waals surface area contributed by atoms with Crippen LogP contribution in [0.5, 0.6) is 0 Å². The molecule has 0 unspecified atom stereocenters. The second-order valence-electron chi connectivity index (χ2n) is 5.99. The third kappa shape index (κ3) is 3.59. The molecule has 1 aromatic heterocycles. The van der Waals surface area contributed by atoms with Crippen LogP contribution < -0.4 is 15.5 Å². The molecule has 0 saturated heterocycles. The van der Waals surface area contributed by atoms with E-state index in [-0.39, 0.29) is 6.03 Å². The Labute approximate surface area is 140 Å². The molecule has 1 aliphatic carbocycles. The zero-order chi connectivity index (χ0) is 16.6. The summed E-state index contributed by atoms with van der Waals surface area (Å²) in [5.41, 5.74) is 2.69. The van der Waals surface area contributed by atoms with Gasteiger partial charge >= 0.3 is 6.03 Å². The standard InChI is InChI=1S/C16H20ClN5O/c1-21(2)14-8-11(6-7-12(14)17)18-16(23)19-15-9-13(10-4-5-10)22(3)20-15/h6-10H,4-5H2,1-3H3,(H2,18,19,20,23). The van der Waals surface area contributed by atoms with Gasteiger partial charge < -0.3 is 10.2 Å². The van der Waals surface area contributed by atoms with Crippen LogP contribution in [0.1, 0.15) is 24.5 Å². The molecule has 1 aromatic carbocycles. The molecule has 1 aliphatic rings. The van der Waals surface area contributed by atoms with Gasteiger partial charge in [0.25, 0.3) is 0 Å². The highest BCUT2D eigenvalue weighted by molar-refractivity contribution is 6.33. The third-order valence-electron chi connectivity index (χ3n) is 3.84. The maximum Gasteiger partial charge on any atom is 0.324 e. The Morgan fingerprint density at radius 1 is 1.30 bits per heavy atom. The van der Waals surface area contributed by atoms with E-state index in [2.05, 4.69) is 15.7 Å². The molecule has 2 N–H and O–H groups in total. The summed E-state index contributed by atoms with van der Waals surface area (Å²) in [6, 6.07) is 6.97. The van der Waals surface area contributed by atoms with Gasteiger partial charge in [-0.05, 0) is 31.0 Å². The van der Waals surface area contributed by atoms with Crippen LogP contribution in [0.25, 0.3) is 0 Å². The Balaban J connectivity index is 1.67. The number of carbonyl (C=O) groups is 1. The van der Waals surface area contributed by atoms with Crippen LogP contribution >= 0.6 is 11.6 Å². The van der Waals surface area contributed by atoms with Crippen LogP contribution in [0.3, 0.4) is 0 Å². The lowest BCUT2D eigenvalue weighted by Gasteiger charge is -2.16. The Morgan fingerprint density at radius 2 is 2.04 bits per heavy atom. The molecule has 2 amide bonds. The topological polar surface area (TPSA) is 62.2 Å². The predicted octanol–water partition coefficient (Wildman–Crippen LogP) is 3.66. The summed E-state index contributed by atoms with van der Waals surface area (Å²) in [5, 5.41) is 10.5. The summed E-state index contributed by atoms with van der Waals surface area (Å²) in [6.45, 7) is 0. The molecular formula is C16H20ClN5O. The number of aryl methyl sites for hydroxylation is 1. The highest BCUT2D eigenvalue weighted by Crippen LogP contribution is 2.40. The van der Waals surface area contributed by atoms with Gasteiger partial charge in [-0.1, -0.05) is 11.6 Å². The lowest BCUT2D eigenvalue weighted by atomic mass is 10.2. The summed E-state index contributed by atoms with van der Waals surface area (Å²) < 4.78 is 1.83. The first kappa shape index (κ1) is 15.7. The maximum absolute atomic E-state index is 12.1. The van der Waals surface area contributed by atoms with Gasteiger partial charge in [-0.3, -0.25) is 10.00 Å². The number of benzene rings is 1. The molecular weight excluding hydrogens is 314 g/mol. The van der Waals surface area contributed by atoms with Gasteiger partial charge in [0.05, 0.1) is 10.7 Å². The van der Waals surface area contributed by atoms with Crippen molar-refractivity contribution >= 4 is 34.8 Å². The molecule has 7 heteroatoms. The molecule has 6 nitrogen and oxygen atoms in total. The van der Waals surface area contributed by atoms with Crippen LogP contribution in [-0.4, -0.2) is 29.9 Å². The molecule has 0 bridgehead atoms. The average Bonchev–Trinajstić information content (AvgIpc) is 3.25. The highest BCUT2D eigenvalue weighted by atomic mass is 35.5. The van der Waals surface area contributed by atoms with E-state index >= 15 is 0 Å². The van der Waals surface area contributed by atoms with Crippen molar-refractivity contribution in [1.82, 2.24) is 9.78 Å². The normalized spacial score (nSPS) is 13.7. The molecule has 0 aliphatic heterocycles. The van der Waals surface area contributed by atoms with Crippen molar-refractivity contribution in [2.75, 3.05) is 29.6 Å². The average molecular weight is 334 g/mol. The number of nitrogens with one attached hydrogen (secondary N) is 2. The fourth-order valence-corrected chi connectivity index (χ4v) is 2.80. The Hall–Kier alpha value is -2.21. The van der Waals surface area contributed by atoms with Crippen molar-refractivity contribution < 1.29 is 4.79 Å². The highest BCUT2D eigenvalue weighted by Gasteiger charge is 2.27. The van der Waals surface area contributed by atoms with E-state index in [4.69, 9.17) is 11.6 Å². The summed E-state index contributed by atoms with van der Waals surface area (Å²) in [4.78, 5) is 14.0. The third-order valence-corrected chi connectivity index (χ3v) is 4.16. The van der Waals surface area contributed by atoms with Crippen LogP contribution in [0.15, 0.2) is 24.3 Å². The smallest absolute Gasteiger partial charge is 0.324 e. The SMILES string of the molecule is CN(C)c1cc(NC(=O)Nc2cc(C3CC3)n(C)n2)ccc1Cl. The molecule has 1 fully saturated rings. The van der Waals surface area contributed by atoms with Crippen molar-refractivity contribution in [2.24, 2.45) is 7.05 Å². The van der Waals surface area contributed by atoms with E-state index in [1.807, 2.05) is 42.9 Å². The maximum atomic E-state index is 12.1. The van der Waals surface area contributed by atoms with Gasteiger partial charge in [-0.25, -0.2) is 4.79 Å². The molecule has 0 spiro atoms. The number of amides is 2. The number of hydrogen-bond acceptors (Lipinski definition) is 3. The summed E-state index contributed by atoms with van der Waals surface area (Å²) in [6.07, 6.45) is 2.40. The van der Waals surface area contributed by atoms with Crippen LogP contribution in [0.2, 0.25) is 5.02 Å². The Bertz CT molecular complexity index is 736. The molecule has 2 aromatic rings. The van der Waals surface area contributed by atoms with Crippen molar-refractivity contribution in [3.8, 4) is 0 Å². The molecule has 3 rings (SSSR count). The van der Waals surface area contributed by atoms with Crippen molar-refractivity contribution in [1.29, 1.82) is 0 Å². The van der Waals surface area contributed by atoms with Crippen LogP contribution in [0, 0.1) is 0 Å². The fraction of sp³-hybridized carbons (Fsp3) is 0.375. The van der Waals surface area contributed by atoms with Crippen molar-refractivity contribution in [2.45, 2.75) is 18.8 Å². The van der Waals surface area contributed by atoms with E-state index in [9.17, 15) is 4.79 Å². The largest absolute Gasteiger partial charge is 0.376 e. The number of anilines is 3. The van der Waals surface area contributed by atoms with Gasteiger partial charge in [0.15, 0.2) is 5.82 Å². The molecule has 0 radical (unpaired) electrons. The quantitative estimate of drug-likeness (QED) is 0.897. The first-order chi connectivity index (χ1) is 10.9. The van der Waals surface area contributed by atoms with E-state index < -0.39 is 0 Å². The van der Waals surface area contributed by atoms with E-state index in [1.54, 1.807) is 12.1 Å². The molecule has 1 saturated carbocycles. The van der Waals surface area contributed by atoms with Gasteiger partial charge in [0.1, 0.15) is 0 Å². The van der Waals surface area contributed by atoms with E-state index in [0.29, 0.717) is 22.4 Å². The van der Waals surface area contributed by atoms with Gasteiger partial charge in [-0.2, -0.15) is 5.10 Å². The van der Waals surface area contributed by atoms with Crippen LogP contribution in [0.4, 0.5) is 22.0 Å². The van der Waals surface area contributed by atoms with E-state index in [1.165, 1.54) is 18.5 Å². The number of rotatable bonds is 4. The van der Waals surface area contributed by atoms with Crippen LogP contribution in [-0.2, 0) is 7.05 Å². The lowest BCUT2D eigenvalue weighted by Crippen LogP contribution is -2.20. The van der Waals surface area contributed by atoms with Gasteiger partial charge in [0, 0.05) is 44.5 Å². The number of nitrogens with zero attached hydrogens (tertiary/aromatic N) is 3. The zero-order valence-electron chi connectivity index (χ0n) is 13.4. The Morgan fingerprint density at radius 3 is 2.70 bits per heavy atom. The molecule has 0 atom stereocenters. The lowest BCUT2D eigenvalue weighted by molar-refractivity contribution is 0.262. The number of urea groups is 1. The molecule has 122 valence electrons. The minimum absolute atomic E-state index is 0.322. The monoisotopic (exact) mass is 333 g/mol.